The summed E-state index contributed by atoms with van der Waals surface area (Å²) < 4.78 is 33.3. The molecular formula is C21H22ClN3O4S. The molecule has 0 radical (unpaired) electrons. The van der Waals surface area contributed by atoms with E-state index in [0.717, 1.165) is 12.3 Å². The summed E-state index contributed by atoms with van der Waals surface area (Å²) in [6, 6.07) is 15.0. The highest BCUT2D eigenvalue weighted by Crippen LogP contribution is 2.21. The first-order valence-electron chi connectivity index (χ1n) is 9.66. The molecule has 1 aromatic heterocycles. The molecule has 158 valence electrons. The molecule has 1 aliphatic rings. The molecule has 0 unspecified atom stereocenters. The van der Waals surface area contributed by atoms with Crippen molar-refractivity contribution in [3.63, 3.8) is 0 Å². The Morgan fingerprint density at radius 2 is 1.70 bits per heavy atom. The predicted molar refractivity (Wildman–Crippen MR) is 117 cm³/mol. The number of aromatic nitrogens is 1. The molecule has 1 N–H and O–H groups in total. The van der Waals surface area contributed by atoms with Gasteiger partial charge >= 0.3 is 0 Å². The van der Waals surface area contributed by atoms with E-state index in [4.69, 9.17) is 16.3 Å². The molecule has 2 heterocycles. The van der Waals surface area contributed by atoms with Crippen LogP contribution in [0.1, 0.15) is 0 Å². The van der Waals surface area contributed by atoms with Crippen molar-refractivity contribution in [2.75, 3.05) is 39.3 Å². The molecule has 0 aliphatic carbocycles. The number of aromatic amines is 1. The number of H-pyrrole nitrogens is 1. The lowest BCUT2D eigenvalue weighted by molar-refractivity contribution is 0.159. The third-order valence-electron chi connectivity index (χ3n) is 5.15. The van der Waals surface area contributed by atoms with Gasteiger partial charge in [0.25, 0.3) is 0 Å². The molecule has 2 aromatic carbocycles. The summed E-state index contributed by atoms with van der Waals surface area (Å²) >= 11 is 5.87. The molecular weight excluding hydrogens is 426 g/mol. The predicted octanol–water partition coefficient (Wildman–Crippen LogP) is 2.57. The third-order valence-corrected chi connectivity index (χ3v) is 7.30. The summed E-state index contributed by atoms with van der Waals surface area (Å²) in [6.07, 6.45) is 0. The van der Waals surface area contributed by atoms with Gasteiger partial charge < -0.3 is 9.72 Å². The molecule has 1 saturated heterocycles. The van der Waals surface area contributed by atoms with Crippen LogP contribution >= 0.6 is 11.6 Å². The Bertz CT molecular complexity index is 1190. The first-order valence-corrected chi connectivity index (χ1v) is 11.5. The van der Waals surface area contributed by atoms with Crippen LogP contribution in [0.5, 0.6) is 5.75 Å². The van der Waals surface area contributed by atoms with Crippen LogP contribution in [0.3, 0.4) is 0 Å². The van der Waals surface area contributed by atoms with Gasteiger partial charge in [0.2, 0.25) is 15.6 Å². The van der Waals surface area contributed by atoms with Crippen molar-refractivity contribution in [3.8, 4) is 5.75 Å². The van der Waals surface area contributed by atoms with E-state index < -0.39 is 10.0 Å². The van der Waals surface area contributed by atoms with Crippen molar-refractivity contribution in [1.82, 2.24) is 14.2 Å². The summed E-state index contributed by atoms with van der Waals surface area (Å²) in [4.78, 5) is 16.5. The van der Waals surface area contributed by atoms with E-state index in [0.29, 0.717) is 48.7 Å². The Hall–Kier alpha value is -2.39. The lowest BCUT2D eigenvalue weighted by atomic mass is 10.2. The molecule has 1 aliphatic heterocycles. The number of benzene rings is 2. The number of pyridine rings is 1. The third kappa shape index (κ3) is 4.67. The largest absolute Gasteiger partial charge is 0.492 e. The average Bonchev–Trinajstić information content (AvgIpc) is 2.75. The number of fused-ring (bicyclic) bond motifs is 1. The average molecular weight is 448 g/mol. The van der Waals surface area contributed by atoms with Crippen molar-refractivity contribution < 1.29 is 13.2 Å². The highest BCUT2D eigenvalue weighted by Gasteiger charge is 2.28. The molecule has 0 spiro atoms. The minimum atomic E-state index is -3.58. The van der Waals surface area contributed by atoms with Crippen LogP contribution in [0.4, 0.5) is 0 Å². The van der Waals surface area contributed by atoms with Crippen LogP contribution in [0.15, 0.2) is 64.3 Å². The second kappa shape index (κ2) is 8.77. The number of nitrogens with zero attached hydrogens (tertiary/aromatic N) is 2. The number of hydrogen-bond acceptors (Lipinski definition) is 5. The van der Waals surface area contributed by atoms with Crippen molar-refractivity contribution in [2.45, 2.75) is 4.90 Å². The number of nitrogens with one attached hydrogen (secondary N) is 1. The topological polar surface area (TPSA) is 82.7 Å². The molecule has 3 aromatic rings. The number of hydrogen-bond donors (Lipinski definition) is 1. The Morgan fingerprint density at radius 3 is 2.43 bits per heavy atom. The van der Waals surface area contributed by atoms with Gasteiger partial charge in [0, 0.05) is 49.3 Å². The van der Waals surface area contributed by atoms with E-state index >= 15 is 0 Å². The summed E-state index contributed by atoms with van der Waals surface area (Å²) in [5.74, 6) is 0.762. The van der Waals surface area contributed by atoms with Crippen molar-refractivity contribution >= 4 is 32.5 Å². The maximum absolute atomic E-state index is 13.0. The molecule has 0 bridgehead atoms. The molecule has 9 heteroatoms. The van der Waals surface area contributed by atoms with E-state index in [1.807, 2.05) is 12.1 Å². The van der Waals surface area contributed by atoms with Crippen LogP contribution in [0, 0.1) is 0 Å². The lowest BCUT2D eigenvalue weighted by Crippen LogP contribution is -2.49. The fourth-order valence-electron chi connectivity index (χ4n) is 3.46. The summed E-state index contributed by atoms with van der Waals surface area (Å²) in [5, 5.41) is 1.35. The maximum atomic E-state index is 13.0. The van der Waals surface area contributed by atoms with Crippen molar-refractivity contribution in [1.29, 1.82) is 0 Å². The number of sulfonamides is 1. The Labute approximate surface area is 179 Å². The fourth-order valence-corrected chi connectivity index (χ4v) is 5.04. The number of rotatable bonds is 6. The van der Waals surface area contributed by atoms with Crippen molar-refractivity contribution in [3.05, 3.63) is 70.0 Å². The first kappa shape index (κ1) is 20.9. The lowest BCUT2D eigenvalue weighted by Gasteiger charge is -2.33. The highest BCUT2D eigenvalue weighted by atomic mass is 35.5. The van der Waals surface area contributed by atoms with Crippen LogP contribution in [0.25, 0.3) is 10.9 Å². The van der Waals surface area contributed by atoms with Gasteiger partial charge in [0.15, 0.2) is 0 Å². The van der Waals surface area contributed by atoms with Gasteiger partial charge in [0.1, 0.15) is 12.4 Å². The Balaban J connectivity index is 1.34. The highest BCUT2D eigenvalue weighted by molar-refractivity contribution is 7.89. The molecule has 4 rings (SSSR count). The van der Waals surface area contributed by atoms with Gasteiger partial charge in [-0.15, -0.1) is 0 Å². The van der Waals surface area contributed by atoms with E-state index in [-0.39, 0.29) is 10.5 Å². The normalized spacial score (nSPS) is 16.0. The second-order valence-electron chi connectivity index (χ2n) is 7.12. The standard InChI is InChI=1S/C21H22ClN3O4S/c22-17-2-4-18(5-3-17)29-14-13-24-9-11-25(12-10-24)30(27,28)19-6-7-20-16(15-19)1-8-21(26)23-20/h1-8,15H,9-14H2,(H,23,26). The second-order valence-corrected chi connectivity index (χ2v) is 9.49. The number of halogens is 1. The SMILES string of the molecule is O=c1ccc2cc(S(=O)(=O)N3CCN(CCOc4ccc(Cl)cc4)CC3)ccc2[nH]1. The fraction of sp³-hybridized carbons (Fsp3) is 0.286. The van der Waals surface area contributed by atoms with E-state index in [1.54, 1.807) is 36.4 Å². The van der Waals surface area contributed by atoms with E-state index in [2.05, 4.69) is 9.88 Å². The monoisotopic (exact) mass is 447 g/mol. The maximum Gasteiger partial charge on any atom is 0.248 e. The summed E-state index contributed by atoms with van der Waals surface area (Å²) in [6.45, 7) is 3.38. The number of ether oxygens (including phenoxy) is 1. The Kier molecular flexibility index (Phi) is 6.10. The van der Waals surface area contributed by atoms with E-state index in [9.17, 15) is 13.2 Å². The molecule has 7 nitrogen and oxygen atoms in total. The zero-order valence-corrected chi connectivity index (χ0v) is 17.8. The van der Waals surface area contributed by atoms with Gasteiger partial charge in [0.05, 0.1) is 4.90 Å². The van der Waals surface area contributed by atoms with Crippen LogP contribution < -0.4 is 10.3 Å². The Morgan fingerprint density at radius 1 is 0.967 bits per heavy atom. The van der Waals surface area contributed by atoms with Crippen LogP contribution in [0.2, 0.25) is 5.02 Å². The zero-order chi connectivity index (χ0) is 21.1. The van der Waals surface area contributed by atoms with Gasteiger partial charge in [-0.3, -0.25) is 9.69 Å². The summed E-state index contributed by atoms with van der Waals surface area (Å²) in [5.41, 5.74) is 0.404. The first-order chi connectivity index (χ1) is 14.4. The van der Waals surface area contributed by atoms with Gasteiger partial charge in [-0.05, 0) is 53.9 Å². The molecule has 0 saturated carbocycles. The van der Waals surface area contributed by atoms with Gasteiger partial charge in [-0.25, -0.2) is 8.42 Å². The zero-order valence-electron chi connectivity index (χ0n) is 16.3. The van der Waals surface area contributed by atoms with E-state index in [1.165, 1.54) is 10.4 Å². The van der Waals surface area contributed by atoms with Gasteiger partial charge in [-0.2, -0.15) is 4.31 Å². The number of piperazine rings is 1. The molecule has 1 fully saturated rings. The molecule has 0 atom stereocenters. The van der Waals surface area contributed by atoms with Gasteiger partial charge in [-0.1, -0.05) is 11.6 Å². The smallest absolute Gasteiger partial charge is 0.248 e. The summed E-state index contributed by atoms with van der Waals surface area (Å²) in [7, 11) is -3.58. The van der Waals surface area contributed by atoms with Crippen molar-refractivity contribution in [2.24, 2.45) is 0 Å². The van der Waals surface area contributed by atoms with Crippen LogP contribution in [-0.4, -0.2) is 61.9 Å². The minimum Gasteiger partial charge on any atom is -0.492 e. The molecule has 30 heavy (non-hydrogen) atoms. The minimum absolute atomic E-state index is 0.214. The molecule has 0 amide bonds. The quantitative estimate of drug-likeness (QED) is 0.628. The van der Waals surface area contributed by atoms with Crippen LogP contribution in [-0.2, 0) is 10.0 Å².